The summed E-state index contributed by atoms with van der Waals surface area (Å²) >= 11 is 0. The summed E-state index contributed by atoms with van der Waals surface area (Å²) in [5.74, 6) is 0.648. The molecule has 0 aliphatic carbocycles. The number of nitrogens with zero attached hydrogens (tertiary/aromatic N) is 3. The Balaban J connectivity index is 1.21. The lowest BCUT2D eigenvalue weighted by atomic mass is 9.80. The summed E-state index contributed by atoms with van der Waals surface area (Å²) in [4.78, 5) is 21.2. The molecule has 0 spiro atoms. The van der Waals surface area contributed by atoms with Crippen molar-refractivity contribution in [3.8, 4) is 5.88 Å². The fraction of sp³-hybridized carbons (Fsp3) is 0.769. The fourth-order valence-corrected chi connectivity index (χ4v) is 4.85. The quantitative estimate of drug-likeness (QED) is 0.601. The average Bonchev–Trinajstić information content (AvgIpc) is 3.00. The normalized spacial score (nSPS) is 24.0. The number of carbonyl (C=O) groups is 1. The third kappa shape index (κ3) is 6.30. The molecule has 9 heteroatoms. The van der Waals surface area contributed by atoms with E-state index in [-0.39, 0.29) is 23.4 Å². The van der Waals surface area contributed by atoms with E-state index in [0.29, 0.717) is 11.9 Å². The van der Waals surface area contributed by atoms with Crippen LogP contribution in [-0.4, -0.2) is 83.1 Å². The van der Waals surface area contributed by atoms with Crippen molar-refractivity contribution in [3.63, 3.8) is 0 Å². The summed E-state index contributed by atoms with van der Waals surface area (Å²) in [5, 5.41) is 0. The number of hydrogen-bond donors (Lipinski definition) is 0. The fourth-order valence-electron chi connectivity index (χ4n) is 4.85. The third-order valence-electron chi connectivity index (χ3n) is 7.68. The molecule has 1 aromatic heterocycles. The molecule has 0 N–H and O–H groups in total. The second-order valence-electron chi connectivity index (χ2n) is 12.1. The molecular formula is C26H42BN3O5. The van der Waals surface area contributed by atoms with Crippen LogP contribution in [0, 0.1) is 0 Å². The van der Waals surface area contributed by atoms with Crippen LogP contribution in [0.1, 0.15) is 74.1 Å². The first-order chi connectivity index (χ1) is 16.3. The Kier molecular flexibility index (Phi) is 7.42. The molecule has 3 aliphatic rings. The number of carbonyl (C=O) groups excluding carboxylic acids is 1. The molecular weight excluding hydrogens is 445 g/mol. The molecule has 8 nitrogen and oxygen atoms in total. The van der Waals surface area contributed by atoms with Gasteiger partial charge < -0.3 is 23.7 Å². The Morgan fingerprint density at radius 2 is 1.60 bits per heavy atom. The zero-order valence-corrected chi connectivity index (χ0v) is 22.5. The van der Waals surface area contributed by atoms with Crippen molar-refractivity contribution in [2.45, 2.75) is 103 Å². The maximum atomic E-state index is 12.3. The van der Waals surface area contributed by atoms with E-state index < -0.39 is 12.7 Å². The molecule has 0 unspecified atom stereocenters. The number of piperidine rings is 2. The highest BCUT2D eigenvalue weighted by Gasteiger charge is 2.51. The number of rotatable bonds is 4. The highest BCUT2D eigenvalue weighted by Crippen LogP contribution is 2.36. The van der Waals surface area contributed by atoms with Gasteiger partial charge in [0.2, 0.25) is 5.88 Å². The van der Waals surface area contributed by atoms with Crippen LogP contribution < -0.4 is 10.2 Å². The number of likely N-dealkylation sites (tertiary alicyclic amines) is 2. The van der Waals surface area contributed by atoms with Gasteiger partial charge in [0.25, 0.3) is 0 Å². The molecule has 0 aromatic carbocycles. The minimum atomic E-state index is -0.448. The SMILES string of the molecule is CC(C)(C)OC(=O)N1CCC(N2CCC(Oc3ccc(B4OC(C)(C)C(C)(C)O4)cn3)CC2)CC1. The van der Waals surface area contributed by atoms with Crippen molar-refractivity contribution >= 4 is 18.7 Å². The van der Waals surface area contributed by atoms with Gasteiger partial charge in [0.05, 0.1) is 11.2 Å². The second kappa shape index (κ2) is 9.90. The van der Waals surface area contributed by atoms with Gasteiger partial charge in [-0.2, -0.15) is 0 Å². The molecule has 0 radical (unpaired) electrons. The van der Waals surface area contributed by atoms with E-state index in [1.165, 1.54) is 0 Å². The number of amides is 1. The van der Waals surface area contributed by atoms with Gasteiger partial charge in [0, 0.05) is 43.9 Å². The number of pyridine rings is 1. The van der Waals surface area contributed by atoms with Crippen molar-refractivity contribution in [3.05, 3.63) is 18.3 Å². The Labute approximate surface area is 210 Å². The zero-order valence-electron chi connectivity index (χ0n) is 22.5. The van der Waals surface area contributed by atoms with Gasteiger partial charge in [-0.3, -0.25) is 4.90 Å². The number of aromatic nitrogens is 1. The first-order valence-electron chi connectivity index (χ1n) is 13.0. The standard InChI is InChI=1S/C26H42BN3O5/c1-24(2,3)33-23(31)30-14-10-20(11-15-30)29-16-12-21(13-17-29)32-22-9-8-19(18-28-22)27-34-25(4,5)26(6,7)35-27/h8-9,18,20-21H,10-17H2,1-7H3. The Hall–Kier alpha value is -1.84. The smallest absolute Gasteiger partial charge is 0.474 e. The van der Waals surface area contributed by atoms with Gasteiger partial charge in [-0.05, 0) is 80.2 Å². The predicted molar refractivity (Wildman–Crippen MR) is 136 cm³/mol. The average molecular weight is 487 g/mol. The van der Waals surface area contributed by atoms with E-state index in [4.69, 9.17) is 18.8 Å². The molecule has 194 valence electrons. The second-order valence-corrected chi connectivity index (χ2v) is 12.1. The molecule has 1 aromatic rings. The minimum absolute atomic E-state index is 0.170. The lowest BCUT2D eigenvalue weighted by Gasteiger charge is -2.41. The summed E-state index contributed by atoms with van der Waals surface area (Å²) in [6.07, 6.45) is 5.72. The first-order valence-corrected chi connectivity index (χ1v) is 13.0. The van der Waals surface area contributed by atoms with Crippen LogP contribution in [0.3, 0.4) is 0 Å². The van der Waals surface area contributed by atoms with Crippen LogP contribution in [0.25, 0.3) is 0 Å². The minimum Gasteiger partial charge on any atom is -0.474 e. The zero-order chi connectivity index (χ0) is 25.4. The van der Waals surface area contributed by atoms with Gasteiger partial charge in [-0.15, -0.1) is 0 Å². The summed E-state index contributed by atoms with van der Waals surface area (Å²) in [7, 11) is -0.411. The molecule has 4 heterocycles. The molecule has 1 amide bonds. The lowest BCUT2D eigenvalue weighted by molar-refractivity contribution is 0.00578. The number of hydrogen-bond acceptors (Lipinski definition) is 7. The molecule has 0 atom stereocenters. The van der Waals surface area contributed by atoms with Gasteiger partial charge >= 0.3 is 13.2 Å². The van der Waals surface area contributed by atoms with Crippen LogP contribution in [0.5, 0.6) is 5.88 Å². The van der Waals surface area contributed by atoms with E-state index in [2.05, 4.69) is 37.6 Å². The van der Waals surface area contributed by atoms with Crippen molar-refractivity contribution in [2.75, 3.05) is 26.2 Å². The van der Waals surface area contributed by atoms with Crippen LogP contribution in [0.2, 0.25) is 0 Å². The summed E-state index contributed by atoms with van der Waals surface area (Å²) in [6.45, 7) is 17.5. The van der Waals surface area contributed by atoms with Crippen LogP contribution in [0.4, 0.5) is 4.79 Å². The highest BCUT2D eigenvalue weighted by molar-refractivity contribution is 6.62. The van der Waals surface area contributed by atoms with Crippen LogP contribution in [-0.2, 0) is 14.0 Å². The topological polar surface area (TPSA) is 73.4 Å². The van der Waals surface area contributed by atoms with E-state index in [9.17, 15) is 4.79 Å². The molecule has 3 aliphatic heterocycles. The van der Waals surface area contributed by atoms with E-state index in [0.717, 1.165) is 57.3 Å². The van der Waals surface area contributed by atoms with E-state index in [1.54, 1.807) is 6.20 Å². The maximum Gasteiger partial charge on any atom is 0.496 e. The molecule has 3 fully saturated rings. The van der Waals surface area contributed by atoms with Crippen LogP contribution >= 0.6 is 0 Å². The largest absolute Gasteiger partial charge is 0.496 e. The van der Waals surface area contributed by atoms with E-state index in [1.807, 2.05) is 37.8 Å². The Morgan fingerprint density at radius 1 is 1.00 bits per heavy atom. The highest BCUT2D eigenvalue weighted by atomic mass is 16.7. The van der Waals surface area contributed by atoms with Gasteiger partial charge in [-0.25, -0.2) is 9.78 Å². The van der Waals surface area contributed by atoms with E-state index >= 15 is 0 Å². The summed E-state index contributed by atoms with van der Waals surface area (Å²) < 4.78 is 23.9. The van der Waals surface area contributed by atoms with Gasteiger partial charge in [0.15, 0.2) is 0 Å². The van der Waals surface area contributed by atoms with Gasteiger partial charge in [-0.1, -0.05) is 6.07 Å². The Bertz CT molecular complexity index is 854. The maximum absolute atomic E-state index is 12.3. The third-order valence-corrected chi connectivity index (χ3v) is 7.68. The monoisotopic (exact) mass is 487 g/mol. The lowest BCUT2D eigenvalue weighted by Crippen LogP contribution is -2.50. The Morgan fingerprint density at radius 3 is 2.11 bits per heavy atom. The first kappa shape index (κ1) is 26.2. The van der Waals surface area contributed by atoms with Gasteiger partial charge in [0.1, 0.15) is 11.7 Å². The molecule has 35 heavy (non-hydrogen) atoms. The molecule has 0 saturated carbocycles. The summed E-state index contributed by atoms with van der Waals surface area (Å²) in [6, 6.07) is 4.42. The van der Waals surface area contributed by atoms with Crippen molar-refractivity contribution in [1.29, 1.82) is 0 Å². The number of ether oxygens (including phenoxy) is 2. The molecule has 0 bridgehead atoms. The summed E-state index contributed by atoms with van der Waals surface area (Å²) in [5.41, 5.74) is -0.277. The van der Waals surface area contributed by atoms with Crippen molar-refractivity contribution < 1.29 is 23.6 Å². The molecule has 3 saturated heterocycles. The molecule has 4 rings (SSSR count). The van der Waals surface area contributed by atoms with Crippen LogP contribution in [0.15, 0.2) is 18.3 Å². The predicted octanol–water partition coefficient (Wildman–Crippen LogP) is 3.62. The van der Waals surface area contributed by atoms with Crippen molar-refractivity contribution in [2.24, 2.45) is 0 Å². The van der Waals surface area contributed by atoms with Crippen molar-refractivity contribution in [1.82, 2.24) is 14.8 Å².